The molecule has 2 aromatic rings. The summed E-state index contributed by atoms with van der Waals surface area (Å²) in [5.74, 6) is 0.229. The molecule has 0 fully saturated rings. The van der Waals surface area contributed by atoms with E-state index >= 15 is 0 Å². The third-order valence-electron chi connectivity index (χ3n) is 3.85. The van der Waals surface area contributed by atoms with Gasteiger partial charge in [-0.05, 0) is 30.7 Å². The van der Waals surface area contributed by atoms with Crippen molar-refractivity contribution in [3.05, 3.63) is 47.4 Å². The van der Waals surface area contributed by atoms with Gasteiger partial charge in [-0.1, -0.05) is 18.2 Å². The van der Waals surface area contributed by atoms with Crippen LogP contribution in [-0.4, -0.2) is 30.3 Å². The number of methoxy groups -OCH3 is 1. The van der Waals surface area contributed by atoms with Gasteiger partial charge < -0.3 is 20.5 Å². The molecule has 1 aliphatic rings. The number of rotatable bonds is 5. The Kier molecular flexibility index (Phi) is 4.35. The molecule has 0 amide bonds. The minimum Gasteiger partial charge on any atom is -0.474 e. The molecule has 0 saturated carbocycles. The van der Waals surface area contributed by atoms with E-state index in [1.165, 1.54) is 12.1 Å². The number of anilines is 2. The number of nitrogens with one attached hydrogen (secondary N) is 1. The number of hydrogen-bond donors (Lipinski definition) is 2. The van der Waals surface area contributed by atoms with E-state index in [4.69, 9.17) is 15.2 Å². The zero-order valence-corrected chi connectivity index (χ0v) is 13.5. The molecule has 0 radical (unpaired) electrons. The Morgan fingerprint density at radius 1 is 1.21 bits per heavy atom. The molecular formula is C17H19FN4O2. The largest absolute Gasteiger partial charge is 0.474 e. The smallest absolute Gasteiger partial charge is 0.243 e. The maximum atomic E-state index is 13.2. The fourth-order valence-electron chi connectivity index (χ4n) is 2.55. The van der Waals surface area contributed by atoms with Crippen LogP contribution < -0.4 is 15.8 Å². The lowest BCUT2D eigenvalue weighted by molar-refractivity contribution is 0.144. The Morgan fingerprint density at radius 3 is 2.67 bits per heavy atom. The summed E-state index contributed by atoms with van der Waals surface area (Å²) in [6.45, 7) is 2.76. The van der Waals surface area contributed by atoms with Crippen molar-refractivity contribution in [2.45, 2.75) is 12.5 Å². The monoisotopic (exact) mass is 330 g/mol. The van der Waals surface area contributed by atoms with E-state index in [9.17, 15) is 4.39 Å². The fourth-order valence-corrected chi connectivity index (χ4v) is 2.55. The second-order valence-electron chi connectivity index (χ2n) is 5.66. The highest BCUT2D eigenvalue weighted by Crippen LogP contribution is 2.38. The van der Waals surface area contributed by atoms with Gasteiger partial charge in [-0.2, -0.15) is 4.98 Å². The first-order valence-corrected chi connectivity index (χ1v) is 7.54. The second kappa shape index (κ2) is 6.45. The van der Waals surface area contributed by atoms with Crippen molar-refractivity contribution in [3.8, 4) is 5.88 Å². The molecule has 3 N–H and O–H groups in total. The van der Waals surface area contributed by atoms with Crippen molar-refractivity contribution >= 4 is 17.7 Å². The molecule has 0 saturated heterocycles. The third kappa shape index (κ3) is 3.16. The van der Waals surface area contributed by atoms with Crippen LogP contribution in [0.3, 0.4) is 0 Å². The lowest BCUT2D eigenvalue weighted by atomic mass is 9.88. The highest BCUT2D eigenvalue weighted by atomic mass is 19.1. The van der Waals surface area contributed by atoms with Crippen molar-refractivity contribution in [3.63, 3.8) is 0 Å². The Balaban J connectivity index is 1.95. The number of hydrogen-bond acceptors (Lipinski definition) is 6. The fraction of sp³-hybridized carbons (Fsp3) is 0.294. The van der Waals surface area contributed by atoms with E-state index in [0.717, 1.165) is 5.56 Å². The molecule has 3 rings (SSSR count). The summed E-state index contributed by atoms with van der Waals surface area (Å²) >= 11 is 0. The molecular weight excluding hydrogens is 311 g/mol. The highest BCUT2D eigenvalue weighted by molar-refractivity contribution is 5.75. The number of nitrogens with two attached hydrogens (primary N) is 1. The summed E-state index contributed by atoms with van der Waals surface area (Å²) in [6.07, 6.45) is 3.81. The van der Waals surface area contributed by atoms with E-state index in [-0.39, 0.29) is 11.8 Å². The topological polar surface area (TPSA) is 82.3 Å². The molecule has 0 bridgehead atoms. The van der Waals surface area contributed by atoms with Crippen LogP contribution in [0.5, 0.6) is 5.88 Å². The normalized spacial score (nSPS) is 18.8. The maximum Gasteiger partial charge on any atom is 0.243 e. The van der Waals surface area contributed by atoms with Gasteiger partial charge in [0.15, 0.2) is 0 Å². The van der Waals surface area contributed by atoms with E-state index in [1.807, 2.05) is 19.1 Å². The first kappa shape index (κ1) is 16.2. The molecule has 0 spiro atoms. The Morgan fingerprint density at radius 2 is 1.96 bits per heavy atom. The second-order valence-corrected chi connectivity index (χ2v) is 5.66. The van der Waals surface area contributed by atoms with E-state index < -0.39 is 5.54 Å². The van der Waals surface area contributed by atoms with Gasteiger partial charge in [-0.15, -0.1) is 0 Å². The molecule has 1 aromatic carbocycles. The van der Waals surface area contributed by atoms with Crippen LogP contribution >= 0.6 is 0 Å². The van der Waals surface area contributed by atoms with Crippen molar-refractivity contribution in [2.24, 2.45) is 0 Å². The minimum atomic E-state index is -0.542. The van der Waals surface area contributed by atoms with Gasteiger partial charge in [0, 0.05) is 7.11 Å². The predicted molar refractivity (Wildman–Crippen MR) is 90.2 cm³/mol. The average Bonchev–Trinajstić information content (AvgIpc) is 2.56. The van der Waals surface area contributed by atoms with Gasteiger partial charge in [-0.25, -0.2) is 9.37 Å². The molecule has 24 heavy (non-hydrogen) atoms. The first-order valence-electron chi connectivity index (χ1n) is 7.54. The molecule has 1 aromatic heterocycles. The SMILES string of the molecule is COCCOc1nc(N)nc2c1NC(C)(c1ccc(F)cc1)C=C2. The number of fused-ring (bicyclic) bond motifs is 1. The molecule has 1 atom stereocenters. The lowest BCUT2D eigenvalue weighted by Gasteiger charge is -2.33. The Labute approximate surface area is 139 Å². The minimum absolute atomic E-state index is 0.137. The summed E-state index contributed by atoms with van der Waals surface area (Å²) in [7, 11) is 1.60. The molecule has 1 unspecified atom stereocenters. The zero-order valence-electron chi connectivity index (χ0n) is 13.5. The predicted octanol–water partition coefficient (Wildman–Crippen LogP) is 2.58. The zero-order chi connectivity index (χ0) is 17.2. The van der Waals surface area contributed by atoms with E-state index in [2.05, 4.69) is 15.3 Å². The van der Waals surface area contributed by atoms with Gasteiger partial charge in [0.1, 0.15) is 18.1 Å². The first-order chi connectivity index (χ1) is 11.5. The van der Waals surface area contributed by atoms with Gasteiger partial charge in [-0.3, -0.25) is 0 Å². The number of halogens is 1. The number of nitrogen functional groups attached to an aromatic ring is 1. The average molecular weight is 330 g/mol. The number of aromatic nitrogens is 2. The molecule has 7 heteroatoms. The Bertz CT molecular complexity index is 764. The van der Waals surface area contributed by atoms with Crippen LogP contribution in [0.15, 0.2) is 30.3 Å². The number of nitrogens with zero attached hydrogens (tertiary/aromatic N) is 2. The van der Waals surface area contributed by atoms with Crippen LogP contribution in [0.25, 0.3) is 6.08 Å². The lowest BCUT2D eigenvalue weighted by Crippen LogP contribution is -2.32. The quantitative estimate of drug-likeness (QED) is 0.820. The number of benzene rings is 1. The van der Waals surface area contributed by atoms with E-state index in [1.54, 1.807) is 19.2 Å². The van der Waals surface area contributed by atoms with Gasteiger partial charge in [0.2, 0.25) is 11.8 Å². The Hall–Kier alpha value is -2.67. The third-order valence-corrected chi connectivity index (χ3v) is 3.85. The van der Waals surface area contributed by atoms with Crippen molar-refractivity contribution in [1.82, 2.24) is 9.97 Å². The molecule has 6 nitrogen and oxygen atoms in total. The summed E-state index contributed by atoms with van der Waals surface area (Å²) in [5, 5.41) is 3.38. The summed E-state index contributed by atoms with van der Waals surface area (Å²) in [5.41, 5.74) is 7.41. The van der Waals surface area contributed by atoms with Crippen LogP contribution in [0.2, 0.25) is 0 Å². The molecule has 1 aliphatic heterocycles. The van der Waals surface area contributed by atoms with Crippen LogP contribution in [0.1, 0.15) is 18.2 Å². The van der Waals surface area contributed by atoms with Crippen LogP contribution in [0.4, 0.5) is 16.0 Å². The van der Waals surface area contributed by atoms with Crippen LogP contribution in [0, 0.1) is 5.82 Å². The van der Waals surface area contributed by atoms with Crippen molar-refractivity contribution in [2.75, 3.05) is 31.4 Å². The number of ether oxygens (including phenoxy) is 2. The van der Waals surface area contributed by atoms with Gasteiger partial charge in [0.25, 0.3) is 0 Å². The summed E-state index contributed by atoms with van der Waals surface area (Å²) in [4.78, 5) is 8.39. The van der Waals surface area contributed by atoms with E-state index in [0.29, 0.717) is 30.5 Å². The summed E-state index contributed by atoms with van der Waals surface area (Å²) < 4.78 is 23.8. The molecule has 0 aliphatic carbocycles. The van der Waals surface area contributed by atoms with Gasteiger partial charge >= 0.3 is 0 Å². The highest BCUT2D eigenvalue weighted by Gasteiger charge is 2.30. The van der Waals surface area contributed by atoms with Crippen molar-refractivity contribution < 1.29 is 13.9 Å². The van der Waals surface area contributed by atoms with Crippen LogP contribution in [-0.2, 0) is 10.3 Å². The molecule has 2 heterocycles. The maximum absolute atomic E-state index is 13.2. The van der Waals surface area contributed by atoms with Gasteiger partial charge in [0.05, 0.1) is 17.8 Å². The van der Waals surface area contributed by atoms with Crippen molar-refractivity contribution in [1.29, 1.82) is 0 Å². The summed E-state index contributed by atoms with van der Waals surface area (Å²) in [6, 6.07) is 6.34. The standard InChI is InChI=1S/C17H19FN4O2/c1-17(11-3-5-12(18)6-4-11)8-7-13-14(22-17)15(21-16(19)20-13)24-10-9-23-2/h3-8,22H,9-10H2,1-2H3,(H2,19,20,21). The molecule has 126 valence electrons.